The summed E-state index contributed by atoms with van der Waals surface area (Å²) in [6, 6.07) is 0. The topological polar surface area (TPSA) is 29.5 Å². The maximum absolute atomic E-state index is 8.59. The number of hydrogen-bond acceptors (Lipinski definition) is 2. The molecule has 0 amide bonds. The van der Waals surface area contributed by atoms with E-state index in [-0.39, 0.29) is 34.5 Å². The molecule has 1 N–H and O–H groups in total. The zero-order chi connectivity index (χ0) is 8.74. The van der Waals surface area contributed by atoms with Crippen molar-refractivity contribution in [2.45, 2.75) is 67.9 Å². The van der Waals surface area contributed by atoms with Crippen LogP contribution in [0.1, 0.15) is 62.3 Å². The molecule has 92 valence electrons. The van der Waals surface area contributed by atoms with Crippen LogP contribution in [-0.2, 0) is 4.74 Å². The average molecular weight is 208 g/mol. The summed E-state index contributed by atoms with van der Waals surface area (Å²) in [7, 11) is 0. The van der Waals surface area contributed by atoms with Crippen LogP contribution < -0.4 is 0 Å². The smallest absolute Gasteiger partial charge is 0.0705 e. The van der Waals surface area contributed by atoms with Crippen molar-refractivity contribution < 1.29 is 9.84 Å². The van der Waals surface area contributed by atoms with Crippen LogP contribution in [-0.4, -0.2) is 23.9 Å². The standard InChI is InChI=1S/C9H20O2.3CH4/c1-4-9(5-2,6-3)11-8-7-10;;;/h10H,4-8H2,1-3H3;3*1H4. The van der Waals surface area contributed by atoms with Gasteiger partial charge in [-0.05, 0) is 19.3 Å². The van der Waals surface area contributed by atoms with E-state index in [4.69, 9.17) is 9.84 Å². The first-order chi connectivity index (χ1) is 5.24. The molecule has 0 unspecified atom stereocenters. The van der Waals surface area contributed by atoms with Crippen LogP contribution in [0.2, 0.25) is 0 Å². The number of rotatable bonds is 6. The lowest BCUT2D eigenvalue weighted by Crippen LogP contribution is -2.31. The maximum atomic E-state index is 8.59. The highest BCUT2D eigenvalue weighted by Crippen LogP contribution is 2.23. The molecule has 0 aliphatic heterocycles. The van der Waals surface area contributed by atoms with Crippen LogP contribution in [0.3, 0.4) is 0 Å². The Bertz CT molecular complexity index is 80.1. The van der Waals surface area contributed by atoms with Crippen molar-refractivity contribution in [2.24, 2.45) is 0 Å². The van der Waals surface area contributed by atoms with Gasteiger partial charge in [-0.25, -0.2) is 0 Å². The van der Waals surface area contributed by atoms with Crippen molar-refractivity contribution in [3.63, 3.8) is 0 Å². The predicted molar refractivity (Wildman–Crippen MR) is 66.8 cm³/mol. The predicted octanol–water partition coefficient (Wildman–Crippen LogP) is 3.87. The molecule has 0 aliphatic carbocycles. The summed E-state index contributed by atoms with van der Waals surface area (Å²) < 4.78 is 5.58. The van der Waals surface area contributed by atoms with Crippen molar-refractivity contribution in [3.8, 4) is 0 Å². The molecule has 0 aromatic heterocycles. The van der Waals surface area contributed by atoms with E-state index < -0.39 is 0 Å². The van der Waals surface area contributed by atoms with E-state index >= 15 is 0 Å². The van der Waals surface area contributed by atoms with E-state index in [1.54, 1.807) is 0 Å². The van der Waals surface area contributed by atoms with Crippen LogP contribution in [0, 0.1) is 0 Å². The Kier molecular flexibility index (Phi) is 21.8. The Morgan fingerprint density at radius 2 is 1.29 bits per heavy atom. The Hall–Kier alpha value is -0.0800. The van der Waals surface area contributed by atoms with Crippen molar-refractivity contribution >= 4 is 0 Å². The van der Waals surface area contributed by atoms with Crippen molar-refractivity contribution in [1.29, 1.82) is 0 Å². The summed E-state index contributed by atoms with van der Waals surface area (Å²) in [6.45, 7) is 6.98. The molecule has 0 rings (SSSR count). The minimum absolute atomic E-state index is 0. The highest BCUT2D eigenvalue weighted by atomic mass is 16.5. The molecule has 14 heavy (non-hydrogen) atoms. The minimum Gasteiger partial charge on any atom is -0.394 e. The lowest BCUT2D eigenvalue weighted by atomic mass is 9.94. The Morgan fingerprint density at radius 3 is 1.50 bits per heavy atom. The second kappa shape index (κ2) is 12.9. The first kappa shape index (κ1) is 23.6. The Balaban J connectivity index is -0.000000167. The van der Waals surface area contributed by atoms with Crippen molar-refractivity contribution in [3.05, 3.63) is 0 Å². The lowest BCUT2D eigenvalue weighted by Gasteiger charge is -2.30. The second-order valence-corrected chi connectivity index (χ2v) is 2.82. The van der Waals surface area contributed by atoms with E-state index in [1.165, 1.54) is 0 Å². The maximum Gasteiger partial charge on any atom is 0.0705 e. The molecular weight excluding hydrogens is 176 g/mol. The highest BCUT2D eigenvalue weighted by Gasteiger charge is 2.23. The fourth-order valence-corrected chi connectivity index (χ4v) is 1.32. The van der Waals surface area contributed by atoms with Gasteiger partial charge in [-0.3, -0.25) is 0 Å². The number of ether oxygens (including phenoxy) is 1. The normalized spacial score (nSPS) is 9.43. The van der Waals surface area contributed by atoms with Gasteiger partial charge in [0.05, 0.1) is 18.8 Å². The minimum atomic E-state index is 0. The summed E-state index contributed by atoms with van der Waals surface area (Å²) in [5, 5.41) is 8.59. The first-order valence-corrected chi connectivity index (χ1v) is 4.49. The van der Waals surface area contributed by atoms with E-state index in [0.717, 1.165) is 19.3 Å². The monoisotopic (exact) mass is 208 g/mol. The van der Waals surface area contributed by atoms with Gasteiger partial charge in [0.1, 0.15) is 0 Å². The molecule has 0 aromatic carbocycles. The van der Waals surface area contributed by atoms with Gasteiger partial charge >= 0.3 is 0 Å². The van der Waals surface area contributed by atoms with E-state index in [2.05, 4.69) is 20.8 Å². The first-order valence-electron chi connectivity index (χ1n) is 4.49. The van der Waals surface area contributed by atoms with Crippen LogP contribution in [0.25, 0.3) is 0 Å². The Labute approximate surface area is 91.7 Å². The van der Waals surface area contributed by atoms with Gasteiger partial charge in [-0.1, -0.05) is 43.1 Å². The SMILES string of the molecule is C.C.C.CCC(CC)(CC)OCCO. The van der Waals surface area contributed by atoms with Crippen LogP contribution >= 0.6 is 0 Å². The Morgan fingerprint density at radius 1 is 0.929 bits per heavy atom. The fourth-order valence-electron chi connectivity index (χ4n) is 1.32. The van der Waals surface area contributed by atoms with E-state index in [0.29, 0.717) is 6.61 Å². The molecule has 0 radical (unpaired) electrons. The van der Waals surface area contributed by atoms with Crippen LogP contribution in [0.5, 0.6) is 0 Å². The average Bonchev–Trinajstić information content (AvgIpc) is 2.08. The lowest BCUT2D eigenvalue weighted by molar-refractivity contribution is -0.0657. The van der Waals surface area contributed by atoms with Crippen LogP contribution in [0.15, 0.2) is 0 Å². The molecule has 0 bridgehead atoms. The summed E-state index contributed by atoms with van der Waals surface area (Å²) in [5.74, 6) is 0. The van der Waals surface area contributed by atoms with Crippen LogP contribution in [0.4, 0.5) is 0 Å². The number of aliphatic hydroxyl groups excluding tert-OH is 1. The second-order valence-electron chi connectivity index (χ2n) is 2.82. The zero-order valence-corrected chi connectivity index (χ0v) is 7.89. The molecule has 0 atom stereocenters. The summed E-state index contributed by atoms with van der Waals surface area (Å²) in [5.41, 5.74) is 0.0166. The third kappa shape index (κ3) is 7.34. The molecule has 2 nitrogen and oxygen atoms in total. The molecule has 2 heteroatoms. The molecule has 0 spiro atoms. The van der Waals surface area contributed by atoms with Gasteiger partial charge in [-0.2, -0.15) is 0 Å². The van der Waals surface area contributed by atoms with Gasteiger partial charge in [0.25, 0.3) is 0 Å². The molecule has 0 aromatic rings. The molecule has 0 heterocycles. The number of hydrogen-bond donors (Lipinski definition) is 1. The molecular formula is C12H32O2. The van der Waals surface area contributed by atoms with Crippen molar-refractivity contribution in [1.82, 2.24) is 0 Å². The third-order valence-corrected chi connectivity index (χ3v) is 2.43. The summed E-state index contributed by atoms with van der Waals surface area (Å²) in [4.78, 5) is 0. The highest BCUT2D eigenvalue weighted by molar-refractivity contribution is 4.75. The van der Waals surface area contributed by atoms with Gasteiger partial charge in [0.2, 0.25) is 0 Å². The van der Waals surface area contributed by atoms with Gasteiger partial charge in [-0.15, -0.1) is 0 Å². The summed E-state index contributed by atoms with van der Waals surface area (Å²) >= 11 is 0. The quantitative estimate of drug-likeness (QED) is 0.718. The molecule has 0 saturated carbocycles. The van der Waals surface area contributed by atoms with E-state index in [9.17, 15) is 0 Å². The zero-order valence-electron chi connectivity index (χ0n) is 7.89. The van der Waals surface area contributed by atoms with Gasteiger partial charge in [0.15, 0.2) is 0 Å². The summed E-state index contributed by atoms with van der Waals surface area (Å²) in [6.07, 6.45) is 3.08. The third-order valence-electron chi connectivity index (χ3n) is 2.43. The van der Waals surface area contributed by atoms with E-state index in [1.807, 2.05) is 0 Å². The van der Waals surface area contributed by atoms with Gasteiger partial charge < -0.3 is 9.84 Å². The molecule has 0 fully saturated rings. The van der Waals surface area contributed by atoms with Crippen molar-refractivity contribution in [2.75, 3.05) is 13.2 Å². The van der Waals surface area contributed by atoms with Gasteiger partial charge in [0, 0.05) is 0 Å². The fraction of sp³-hybridized carbons (Fsp3) is 1.00. The molecule has 0 saturated heterocycles. The largest absolute Gasteiger partial charge is 0.394 e. The number of aliphatic hydroxyl groups is 1. The molecule has 0 aliphatic rings.